The van der Waals surface area contributed by atoms with Gasteiger partial charge >= 0.3 is 5.97 Å². The van der Waals surface area contributed by atoms with E-state index in [-0.39, 0.29) is 29.4 Å². The molecule has 1 N–H and O–H groups in total. The maximum atomic E-state index is 13.1. The van der Waals surface area contributed by atoms with Crippen LogP contribution in [0.1, 0.15) is 46.8 Å². The largest absolute Gasteiger partial charge is 0.481 e. The maximum Gasteiger partial charge on any atom is 0.304 e. The zero-order valence-electron chi connectivity index (χ0n) is 16.8. The van der Waals surface area contributed by atoms with Gasteiger partial charge in [0.1, 0.15) is 5.65 Å². The topological polar surface area (TPSA) is 106 Å². The van der Waals surface area contributed by atoms with Crippen molar-refractivity contribution in [2.24, 2.45) is 0 Å². The van der Waals surface area contributed by atoms with Gasteiger partial charge in [-0.1, -0.05) is 11.6 Å². The molecule has 162 valence electrons. The molecule has 1 aromatic carbocycles. The van der Waals surface area contributed by atoms with Gasteiger partial charge in [-0.05, 0) is 48.7 Å². The van der Waals surface area contributed by atoms with Crippen molar-refractivity contribution >= 4 is 44.2 Å². The Hall–Kier alpha value is -2.71. The number of hydrogen-bond acceptors (Lipinski definition) is 5. The first-order valence-electron chi connectivity index (χ1n) is 9.87. The number of Topliss-reactive ketones (excluding diaryl/α,β-unsaturated/α-hetero) is 1. The number of aliphatic carboxylic acids is 1. The lowest BCUT2D eigenvalue weighted by Gasteiger charge is -2.25. The molecule has 9 heteroatoms. The van der Waals surface area contributed by atoms with Gasteiger partial charge in [0.2, 0.25) is 0 Å². The zero-order chi connectivity index (χ0) is 22.3. The Kier molecular flexibility index (Phi) is 5.61. The number of aromatic nitrogens is 2. The van der Waals surface area contributed by atoms with E-state index in [4.69, 9.17) is 11.6 Å². The van der Waals surface area contributed by atoms with E-state index in [1.54, 1.807) is 24.3 Å². The van der Waals surface area contributed by atoms with Gasteiger partial charge in [0, 0.05) is 53.0 Å². The molecule has 7 nitrogen and oxygen atoms in total. The first-order valence-corrected chi connectivity index (χ1v) is 12.1. The number of carboxylic acids is 1. The molecule has 0 fully saturated rings. The van der Waals surface area contributed by atoms with Crippen LogP contribution in [-0.4, -0.2) is 41.1 Å². The first-order chi connectivity index (χ1) is 14.7. The molecule has 4 rings (SSSR count). The minimum absolute atomic E-state index is 0.0508. The molecule has 1 atom stereocenters. The highest BCUT2D eigenvalue weighted by atomic mass is 35.5. The van der Waals surface area contributed by atoms with Gasteiger partial charge in [-0.15, -0.1) is 0 Å². The molecular weight excluding hydrogens is 440 g/mol. The van der Waals surface area contributed by atoms with Gasteiger partial charge < -0.3 is 9.67 Å². The van der Waals surface area contributed by atoms with Crippen molar-refractivity contribution in [2.45, 2.75) is 43.0 Å². The van der Waals surface area contributed by atoms with Gasteiger partial charge in [-0.2, -0.15) is 0 Å². The summed E-state index contributed by atoms with van der Waals surface area (Å²) in [7, 11) is -3.60. The van der Waals surface area contributed by atoms with E-state index in [0.717, 1.165) is 12.7 Å². The molecule has 0 saturated carbocycles. The van der Waals surface area contributed by atoms with Crippen molar-refractivity contribution in [1.29, 1.82) is 0 Å². The summed E-state index contributed by atoms with van der Waals surface area (Å²) in [6.45, 7) is 0.595. The van der Waals surface area contributed by atoms with Crippen LogP contribution in [0.5, 0.6) is 0 Å². The predicted molar refractivity (Wildman–Crippen MR) is 117 cm³/mol. The van der Waals surface area contributed by atoms with Gasteiger partial charge in [0.25, 0.3) is 0 Å². The van der Waals surface area contributed by atoms with E-state index < -0.39 is 15.8 Å². The Morgan fingerprint density at radius 2 is 1.94 bits per heavy atom. The average Bonchev–Trinajstić information content (AvgIpc) is 3.02. The summed E-state index contributed by atoms with van der Waals surface area (Å²) in [6, 6.07) is 7.93. The Balaban J connectivity index is 1.95. The molecular formula is C22H21ClN2O5S. The molecule has 3 aromatic rings. The molecule has 3 heterocycles. The second kappa shape index (κ2) is 8.09. The van der Waals surface area contributed by atoms with Crippen LogP contribution in [0.4, 0.5) is 0 Å². The summed E-state index contributed by atoms with van der Waals surface area (Å²) in [5.41, 5.74) is 2.18. The van der Waals surface area contributed by atoms with Gasteiger partial charge in [0.15, 0.2) is 15.6 Å². The summed E-state index contributed by atoms with van der Waals surface area (Å²) >= 11 is 5.93. The highest BCUT2D eigenvalue weighted by Gasteiger charge is 2.32. The van der Waals surface area contributed by atoms with Crippen LogP contribution in [-0.2, 0) is 27.6 Å². The smallest absolute Gasteiger partial charge is 0.304 e. The minimum Gasteiger partial charge on any atom is -0.481 e. The number of carbonyl (C=O) groups excluding carboxylic acids is 1. The van der Waals surface area contributed by atoms with E-state index in [9.17, 15) is 23.1 Å². The number of fused-ring (bicyclic) bond motifs is 3. The number of sulfone groups is 1. The second-order valence-corrected chi connectivity index (χ2v) is 10.3. The molecule has 0 aliphatic carbocycles. The third-order valence-corrected chi connectivity index (χ3v) is 7.09. The number of carboxylic acid groups (broad SMARTS) is 1. The molecule has 1 unspecified atom stereocenters. The molecule has 31 heavy (non-hydrogen) atoms. The molecule has 0 spiro atoms. The van der Waals surface area contributed by atoms with Crippen LogP contribution >= 0.6 is 11.6 Å². The summed E-state index contributed by atoms with van der Waals surface area (Å²) in [6.07, 6.45) is 3.83. The van der Waals surface area contributed by atoms with E-state index >= 15 is 0 Å². The van der Waals surface area contributed by atoms with Crippen molar-refractivity contribution in [3.05, 3.63) is 58.4 Å². The van der Waals surface area contributed by atoms with Crippen LogP contribution in [0.15, 0.2) is 41.4 Å². The zero-order valence-corrected chi connectivity index (χ0v) is 18.4. The summed E-state index contributed by atoms with van der Waals surface area (Å²) in [5.74, 6) is -1.45. The third kappa shape index (κ3) is 4.09. The van der Waals surface area contributed by atoms with Crippen molar-refractivity contribution < 1.29 is 23.1 Å². The third-order valence-electron chi connectivity index (χ3n) is 5.70. The van der Waals surface area contributed by atoms with Crippen molar-refractivity contribution in [3.8, 4) is 0 Å². The van der Waals surface area contributed by atoms with Crippen molar-refractivity contribution in [1.82, 2.24) is 9.55 Å². The lowest BCUT2D eigenvalue weighted by atomic mass is 9.88. The van der Waals surface area contributed by atoms with Crippen molar-refractivity contribution in [2.75, 3.05) is 6.26 Å². The van der Waals surface area contributed by atoms with E-state index in [0.29, 0.717) is 45.8 Å². The number of carbonyl (C=O) groups is 2. The predicted octanol–water partition coefficient (Wildman–Crippen LogP) is 3.87. The summed E-state index contributed by atoms with van der Waals surface area (Å²) in [5, 5.41) is 10.4. The van der Waals surface area contributed by atoms with E-state index in [1.165, 1.54) is 12.3 Å². The number of ketones is 1. The molecule has 1 aliphatic rings. The fourth-order valence-corrected chi connectivity index (χ4v) is 5.47. The standard InChI is InChI=1S/C22H21ClN2O5S/c1-31(29,30)18-8-9-24-22-20(18)16(12-17(26)13-4-6-15(23)7-5-13)21-14(11-19(27)28)3-2-10-25(21)22/h4-9,14H,2-3,10-12H2,1H3,(H,27,28). The van der Waals surface area contributed by atoms with Gasteiger partial charge in [-0.3, -0.25) is 9.59 Å². The molecule has 0 bridgehead atoms. The number of aryl methyl sites for hydroxylation is 1. The second-order valence-electron chi connectivity index (χ2n) is 7.84. The normalized spacial score (nSPS) is 16.3. The van der Waals surface area contributed by atoms with Crippen molar-refractivity contribution in [3.63, 3.8) is 0 Å². The Morgan fingerprint density at radius 1 is 1.23 bits per heavy atom. The van der Waals surface area contributed by atoms with Crippen LogP contribution in [0, 0.1) is 0 Å². The molecule has 0 saturated heterocycles. The van der Waals surface area contributed by atoms with Gasteiger partial charge in [-0.25, -0.2) is 13.4 Å². The Bertz CT molecular complexity index is 1300. The average molecular weight is 461 g/mol. The first kappa shape index (κ1) is 21.5. The number of rotatable bonds is 6. The van der Waals surface area contributed by atoms with Crippen LogP contribution in [0.3, 0.4) is 0 Å². The Labute approximate surface area is 184 Å². The fourth-order valence-electron chi connectivity index (χ4n) is 4.45. The minimum atomic E-state index is -3.60. The van der Waals surface area contributed by atoms with Crippen LogP contribution < -0.4 is 0 Å². The van der Waals surface area contributed by atoms with Crippen LogP contribution in [0.2, 0.25) is 5.02 Å². The lowest BCUT2D eigenvalue weighted by molar-refractivity contribution is -0.137. The fraction of sp³-hybridized carbons (Fsp3) is 0.318. The SMILES string of the molecule is CS(=O)(=O)c1ccnc2c1c(CC(=O)c1ccc(Cl)cc1)c1n2CCCC1CC(=O)O. The maximum absolute atomic E-state index is 13.1. The number of pyridine rings is 1. The quantitative estimate of drug-likeness (QED) is 0.559. The molecule has 1 aliphatic heterocycles. The van der Waals surface area contributed by atoms with E-state index in [2.05, 4.69) is 4.98 Å². The summed E-state index contributed by atoms with van der Waals surface area (Å²) in [4.78, 5) is 29.1. The Morgan fingerprint density at radius 3 is 2.58 bits per heavy atom. The number of nitrogens with zero attached hydrogens (tertiary/aromatic N) is 2. The number of halogens is 1. The molecule has 0 amide bonds. The number of benzene rings is 1. The lowest BCUT2D eigenvalue weighted by Crippen LogP contribution is -2.20. The number of hydrogen-bond donors (Lipinski definition) is 1. The monoisotopic (exact) mass is 460 g/mol. The molecule has 0 radical (unpaired) electrons. The highest BCUT2D eigenvalue weighted by molar-refractivity contribution is 7.91. The summed E-state index contributed by atoms with van der Waals surface area (Å²) < 4.78 is 27.0. The van der Waals surface area contributed by atoms with Crippen LogP contribution in [0.25, 0.3) is 11.0 Å². The molecule has 2 aromatic heterocycles. The van der Waals surface area contributed by atoms with E-state index in [1.807, 2.05) is 4.57 Å². The van der Waals surface area contributed by atoms with Gasteiger partial charge in [0.05, 0.1) is 11.3 Å². The highest BCUT2D eigenvalue weighted by Crippen LogP contribution is 2.41.